The average molecular weight is 146 g/mol. The molecule has 1 heterocycles. The first-order valence-corrected chi connectivity index (χ1v) is 3.66. The summed E-state index contributed by atoms with van der Waals surface area (Å²) < 4.78 is 15.7. The van der Waals surface area contributed by atoms with Crippen molar-refractivity contribution in [2.24, 2.45) is 0 Å². The number of hydrogen-bond donors (Lipinski definition) is 0. The Balaban J connectivity index is 2.41. The third kappa shape index (κ3) is 1.48. The normalized spacial score (nSPS) is 23.4. The van der Waals surface area contributed by atoms with Gasteiger partial charge in [-0.2, -0.15) is 0 Å². The number of methoxy groups -OCH3 is 1. The van der Waals surface area contributed by atoms with E-state index in [-0.39, 0.29) is 0 Å². The maximum atomic E-state index is 5.29. The first kappa shape index (κ1) is 7.98. The van der Waals surface area contributed by atoms with E-state index < -0.39 is 5.97 Å². The summed E-state index contributed by atoms with van der Waals surface area (Å²) in [7, 11) is 1.61. The highest BCUT2D eigenvalue weighted by molar-refractivity contribution is 4.60. The zero-order chi connectivity index (χ0) is 7.45. The third-order valence-electron chi connectivity index (χ3n) is 1.59. The Bertz CT molecular complexity index is 97.0. The van der Waals surface area contributed by atoms with Crippen molar-refractivity contribution >= 4 is 0 Å². The van der Waals surface area contributed by atoms with Crippen molar-refractivity contribution in [1.82, 2.24) is 0 Å². The summed E-state index contributed by atoms with van der Waals surface area (Å²) in [5.74, 6) is -0.714. The van der Waals surface area contributed by atoms with E-state index in [1.165, 1.54) is 0 Å². The van der Waals surface area contributed by atoms with Gasteiger partial charge in [0, 0.05) is 13.5 Å². The van der Waals surface area contributed by atoms with Gasteiger partial charge in [0.1, 0.15) is 0 Å². The third-order valence-corrected chi connectivity index (χ3v) is 1.59. The highest BCUT2D eigenvalue weighted by Gasteiger charge is 2.35. The highest BCUT2D eigenvalue weighted by atomic mass is 16.9. The van der Waals surface area contributed by atoms with Gasteiger partial charge in [-0.05, 0) is 6.42 Å². The summed E-state index contributed by atoms with van der Waals surface area (Å²) in [5, 5.41) is 0. The van der Waals surface area contributed by atoms with Crippen molar-refractivity contribution < 1.29 is 14.2 Å². The van der Waals surface area contributed by atoms with Crippen molar-refractivity contribution in [3.63, 3.8) is 0 Å². The SMILES string of the molecule is CCCC1(OC)OCCO1. The van der Waals surface area contributed by atoms with Crippen LogP contribution in [0.2, 0.25) is 0 Å². The van der Waals surface area contributed by atoms with Crippen LogP contribution in [0.4, 0.5) is 0 Å². The largest absolute Gasteiger partial charge is 0.331 e. The molecule has 0 atom stereocenters. The average Bonchev–Trinajstić information content (AvgIpc) is 2.39. The predicted octanol–water partition coefficient (Wildman–Crippen LogP) is 1.13. The monoisotopic (exact) mass is 146 g/mol. The molecule has 0 spiro atoms. The first-order valence-electron chi connectivity index (χ1n) is 3.66. The van der Waals surface area contributed by atoms with Crippen LogP contribution in [0.1, 0.15) is 19.8 Å². The second-order valence-corrected chi connectivity index (χ2v) is 2.33. The van der Waals surface area contributed by atoms with Gasteiger partial charge < -0.3 is 14.2 Å². The van der Waals surface area contributed by atoms with Crippen molar-refractivity contribution in [2.45, 2.75) is 25.7 Å². The molecule has 0 aliphatic carbocycles. The second kappa shape index (κ2) is 3.32. The molecule has 3 nitrogen and oxygen atoms in total. The van der Waals surface area contributed by atoms with Gasteiger partial charge in [-0.3, -0.25) is 0 Å². The zero-order valence-electron chi connectivity index (χ0n) is 6.55. The molecule has 0 bridgehead atoms. The van der Waals surface area contributed by atoms with Gasteiger partial charge in [-0.1, -0.05) is 6.92 Å². The zero-order valence-corrected chi connectivity index (χ0v) is 6.55. The Morgan fingerprint density at radius 1 is 1.40 bits per heavy atom. The summed E-state index contributed by atoms with van der Waals surface area (Å²) in [6.07, 6.45) is 1.82. The standard InChI is InChI=1S/C7H14O3/c1-3-4-7(8-2)9-5-6-10-7/h3-6H2,1-2H3. The van der Waals surface area contributed by atoms with Crippen LogP contribution in [0, 0.1) is 0 Å². The van der Waals surface area contributed by atoms with Gasteiger partial charge in [0.2, 0.25) is 0 Å². The van der Waals surface area contributed by atoms with Gasteiger partial charge >= 0.3 is 0 Å². The predicted molar refractivity (Wildman–Crippen MR) is 36.6 cm³/mol. The van der Waals surface area contributed by atoms with Crippen LogP contribution in [0.3, 0.4) is 0 Å². The molecule has 1 saturated heterocycles. The van der Waals surface area contributed by atoms with Crippen LogP contribution in [0.25, 0.3) is 0 Å². The second-order valence-electron chi connectivity index (χ2n) is 2.33. The van der Waals surface area contributed by atoms with E-state index in [4.69, 9.17) is 14.2 Å². The van der Waals surface area contributed by atoms with Crippen LogP contribution in [-0.4, -0.2) is 26.3 Å². The molecule has 10 heavy (non-hydrogen) atoms. The van der Waals surface area contributed by atoms with Crippen molar-refractivity contribution in [3.05, 3.63) is 0 Å². The molecule has 0 aromatic heterocycles. The summed E-state index contributed by atoms with van der Waals surface area (Å²) in [5.41, 5.74) is 0. The minimum Gasteiger partial charge on any atom is -0.331 e. The smallest absolute Gasteiger partial charge is 0.282 e. The minimum absolute atomic E-state index is 0.647. The van der Waals surface area contributed by atoms with Crippen molar-refractivity contribution in [2.75, 3.05) is 20.3 Å². The fourth-order valence-electron chi connectivity index (χ4n) is 1.11. The molecule has 1 aliphatic rings. The molecule has 0 radical (unpaired) electrons. The Morgan fingerprint density at radius 2 is 2.00 bits per heavy atom. The molecule has 3 heteroatoms. The first-order chi connectivity index (χ1) is 4.83. The topological polar surface area (TPSA) is 27.7 Å². The van der Waals surface area contributed by atoms with Crippen molar-refractivity contribution in [3.8, 4) is 0 Å². The molecule has 1 rings (SSSR count). The Hall–Kier alpha value is -0.120. The molecule has 0 N–H and O–H groups in total. The molecule has 0 aromatic carbocycles. The maximum Gasteiger partial charge on any atom is 0.282 e. The number of rotatable bonds is 3. The summed E-state index contributed by atoms with van der Waals surface area (Å²) in [4.78, 5) is 0. The fraction of sp³-hybridized carbons (Fsp3) is 1.00. The van der Waals surface area contributed by atoms with Crippen molar-refractivity contribution in [1.29, 1.82) is 0 Å². The summed E-state index contributed by atoms with van der Waals surface area (Å²) in [6.45, 7) is 3.37. The number of hydrogen-bond acceptors (Lipinski definition) is 3. The molecule has 0 saturated carbocycles. The molecular weight excluding hydrogens is 132 g/mol. The molecule has 0 unspecified atom stereocenters. The lowest BCUT2D eigenvalue weighted by Crippen LogP contribution is -2.31. The van der Waals surface area contributed by atoms with Crippen LogP contribution < -0.4 is 0 Å². The van der Waals surface area contributed by atoms with Crippen LogP contribution in [0.15, 0.2) is 0 Å². The van der Waals surface area contributed by atoms with Gasteiger partial charge in [-0.15, -0.1) is 0 Å². The van der Waals surface area contributed by atoms with Crippen LogP contribution in [0.5, 0.6) is 0 Å². The lowest BCUT2D eigenvalue weighted by atomic mass is 10.3. The Kier molecular flexibility index (Phi) is 2.65. The van der Waals surface area contributed by atoms with E-state index in [0.717, 1.165) is 12.8 Å². The van der Waals surface area contributed by atoms with Gasteiger partial charge in [0.05, 0.1) is 13.2 Å². The van der Waals surface area contributed by atoms with Crippen LogP contribution in [-0.2, 0) is 14.2 Å². The molecular formula is C7H14O3. The molecule has 1 aliphatic heterocycles. The van der Waals surface area contributed by atoms with E-state index in [0.29, 0.717) is 13.2 Å². The maximum absolute atomic E-state index is 5.29. The lowest BCUT2D eigenvalue weighted by molar-refractivity contribution is -0.322. The van der Waals surface area contributed by atoms with E-state index in [2.05, 4.69) is 6.92 Å². The summed E-state index contributed by atoms with van der Waals surface area (Å²) in [6, 6.07) is 0. The van der Waals surface area contributed by atoms with Gasteiger partial charge in [0.25, 0.3) is 5.97 Å². The minimum atomic E-state index is -0.714. The molecule has 0 amide bonds. The van der Waals surface area contributed by atoms with E-state index >= 15 is 0 Å². The Morgan fingerprint density at radius 3 is 2.40 bits per heavy atom. The molecule has 1 fully saturated rings. The van der Waals surface area contributed by atoms with E-state index in [1.807, 2.05) is 0 Å². The van der Waals surface area contributed by atoms with Gasteiger partial charge in [0.15, 0.2) is 0 Å². The van der Waals surface area contributed by atoms with E-state index in [9.17, 15) is 0 Å². The summed E-state index contributed by atoms with van der Waals surface area (Å²) >= 11 is 0. The fourth-order valence-corrected chi connectivity index (χ4v) is 1.11. The van der Waals surface area contributed by atoms with E-state index in [1.54, 1.807) is 7.11 Å². The lowest BCUT2D eigenvalue weighted by Gasteiger charge is -2.23. The van der Waals surface area contributed by atoms with Gasteiger partial charge in [-0.25, -0.2) is 0 Å². The molecule has 0 aromatic rings. The molecule has 60 valence electrons. The quantitative estimate of drug-likeness (QED) is 0.597. The highest BCUT2D eigenvalue weighted by Crippen LogP contribution is 2.24. The van der Waals surface area contributed by atoms with Crippen LogP contribution >= 0.6 is 0 Å². The number of ether oxygens (including phenoxy) is 3. The Labute approximate surface area is 61.3 Å².